The van der Waals surface area contributed by atoms with Crippen LogP contribution in [0, 0.1) is 0 Å². The van der Waals surface area contributed by atoms with Crippen molar-refractivity contribution in [1.82, 2.24) is 20.6 Å². The van der Waals surface area contributed by atoms with Crippen LogP contribution in [0.5, 0.6) is 0 Å². The molecule has 134 valence electrons. The largest absolute Gasteiger partial charge is 0.279 e. The summed E-state index contributed by atoms with van der Waals surface area (Å²) in [4.78, 5) is 26.5. The summed E-state index contributed by atoms with van der Waals surface area (Å²) in [5.74, 6) is -0.642. The molecule has 0 bridgehead atoms. The van der Waals surface area contributed by atoms with Gasteiger partial charge >= 0.3 is 0 Å². The van der Waals surface area contributed by atoms with Gasteiger partial charge in [-0.25, -0.2) is 0 Å². The molecular weight excluding hydrogens is 336 g/mol. The molecule has 0 radical (unpaired) electrons. The summed E-state index contributed by atoms with van der Waals surface area (Å²) in [6, 6.07) is 1.96. The van der Waals surface area contributed by atoms with Gasteiger partial charge in [0.15, 0.2) is 0 Å². The van der Waals surface area contributed by atoms with E-state index in [1.807, 2.05) is 26.8 Å². The van der Waals surface area contributed by atoms with Crippen molar-refractivity contribution in [2.45, 2.75) is 58.4 Å². The Morgan fingerprint density at radius 1 is 1.12 bits per heavy atom. The van der Waals surface area contributed by atoms with Crippen LogP contribution < -0.4 is 10.9 Å². The van der Waals surface area contributed by atoms with Crippen LogP contribution in [0.3, 0.4) is 0 Å². The lowest BCUT2D eigenvalue weighted by atomic mass is 10.1. The lowest BCUT2D eigenvalue weighted by Gasteiger charge is -2.18. The predicted octanol–water partition coefficient (Wildman–Crippen LogP) is 3.04. The van der Waals surface area contributed by atoms with E-state index in [4.69, 9.17) is 0 Å². The Labute approximate surface area is 151 Å². The third-order valence-electron chi connectivity index (χ3n) is 4.29. The van der Waals surface area contributed by atoms with Crippen molar-refractivity contribution >= 4 is 23.2 Å². The van der Waals surface area contributed by atoms with Crippen LogP contribution in [0.15, 0.2) is 18.5 Å². The van der Waals surface area contributed by atoms with E-state index in [2.05, 4.69) is 16.0 Å². The number of thiophene rings is 1. The number of nitrogens with one attached hydrogen (secondary N) is 2. The minimum absolute atomic E-state index is 0.198. The summed E-state index contributed by atoms with van der Waals surface area (Å²) in [6.07, 6.45) is 8.88. The number of hydrogen-bond donors (Lipinski definition) is 2. The Bertz CT molecular complexity index is 762. The van der Waals surface area contributed by atoms with E-state index in [9.17, 15) is 9.59 Å². The topological polar surface area (TPSA) is 76.0 Å². The molecule has 2 aromatic rings. The zero-order valence-electron chi connectivity index (χ0n) is 14.9. The molecule has 0 spiro atoms. The number of aryl methyl sites for hydroxylation is 2. The summed E-state index contributed by atoms with van der Waals surface area (Å²) < 4.78 is 1.72. The van der Waals surface area contributed by atoms with Crippen molar-refractivity contribution in [3.05, 3.63) is 39.3 Å². The molecule has 0 aromatic carbocycles. The molecule has 0 aliphatic heterocycles. The van der Waals surface area contributed by atoms with Gasteiger partial charge in [0.05, 0.1) is 22.2 Å². The minimum atomic E-state index is -0.373. The lowest BCUT2D eigenvalue weighted by molar-refractivity contribution is 0.0848. The number of amides is 2. The third-order valence-corrected chi connectivity index (χ3v) is 5.53. The average Bonchev–Trinajstić information content (AvgIpc) is 3.15. The second-order valence-electron chi connectivity index (χ2n) is 7.37. The predicted molar refractivity (Wildman–Crippen MR) is 97.7 cm³/mol. The first kappa shape index (κ1) is 17.7. The van der Waals surface area contributed by atoms with Gasteiger partial charge in [0, 0.05) is 11.1 Å². The Hall–Kier alpha value is -2.15. The second-order valence-corrected chi connectivity index (χ2v) is 8.51. The first-order chi connectivity index (χ1) is 11.8. The van der Waals surface area contributed by atoms with Crippen molar-refractivity contribution in [2.75, 3.05) is 0 Å². The molecule has 2 aromatic heterocycles. The highest BCUT2D eigenvalue weighted by Gasteiger charge is 2.19. The molecule has 1 aliphatic carbocycles. The molecule has 25 heavy (non-hydrogen) atoms. The van der Waals surface area contributed by atoms with Gasteiger partial charge in [0.25, 0.3) is 11.8 Å². The molecule has 3 rings (SSSR count). The number of aromatic nitrogens is 2. The zero-order valence-corrected chi connectivity index (χ0v) is 15.7. The summed E-state index contributed by atoms with van der Waals surface area (Å²) in [6.45, 7) is 6.01. The molecule has 6 nitrogen and oxygen atoms in total. The third kappa shape index (κ3) is 4.10. The second kappa shape index (κ2) is 7.00. The molecule has 2 amide bonds. The van der Waals surface area contributed by atoms with E-state index in [0.29, 0.717) is 10.4 Å². The molecule has 0 saturated carbocycles. The molecule has 2 N–H and O–H groups in total. The maximum atomic E-state index is 12.3. The quantitative estimate of drug-likeness (QED) is 0.638. The van der Waals surface area contributed by atoms with Gasteiger partial charge in [-0.3, -0.25) is 25.1 Å². The van der Waals surface area contributed by atoms with Crippen LogP contribution in [0.1, 0.15) is 70.5 Å². The Morgan fingerprint density at radius 2 is 1.84 bits per heavy atom. The van der Waals surface area contributed by atoms with E-state index in [-0.39, 0.29) is 17.4 Å². The Kier molecular flexibility index (Phi) is 4.94. The van der Waals surface area contributed by atoms with Gasteiger partial charge in [0.1, 0.15) is 0 Å². The molecular formula is C18H24N4O2S. The van der Waals surface area contributed by atoms with Crippen molar-refractivity contribution in [3.8, 4) is 0 Å². The van der Waals surface area contributed by atoms with Crippen LogP contribution >= 0.6 is 11.3 Å². The molecule has 0 saturated heterocycles. The molecule has 0 atom stereocenters. The Morgan fingerprint density at radius 3 is 2.56 bits per heavy atom. The van der Waals surface area contributed by atoms with Crippen molar-refractivity contribution in [3.63, 3.8) is 0 Å². The van der Waals surface area contributed by atoms with Gasteiger partial charge in [-0.1, -0.05) is 6.42 Å². The van der Waals surface area contributed by atoms with Crippen LogP contribution in [0.4, 0.5) is 0 Å². The highest BCUT2D eigenvalue weighted by Crippen LogP contribution is 2.28. The summed E-state index contributed by atoms with van der Waals surface area (Å²) in [5, 5.41) is 4.19. The maximum Gasteiger partial charge on any atom is 0.279 e. The van der Waals surface area contributed by atoms with Crippen molar-refractivity contribution in [2.24, 2.45) is 0 Å². The maximum absolute atomic E-state index is 12.3. The first-order valence-electron chi connectivity index (χ1n) is 8.62. The number of carbonyl (C=O) groups is 2. The smallest absolute Gasteiger partial charge is 0.267 e. The fourth-order valence-corrected chi connectivity index (χ4v) is 3.98. The van der Waals surface area contributed by atoms with Crippen LogP contribution in [0.2, 0.25) is 0 Å². The summed E-state index contributed by atoms with van der Waals surface area (Å²) >= 11 is 1.53. The molecule has 0 unspecified atom stereocenters. The van der Waals surface area contributed by atoms with E-state index in [1.165, 1.54) is 47.2 Å². The van der Waals surface area contributed by atoms with E-state index >= 15 is 0 Å². The van der Waals surface area contributed by atoms with E-state index < -0.39 is 0 Å². The summed E-state index contributed by atoms with van der Waals surface area (Å²) in [7, 11) is 0. The van der Waals surface area contributed by atoms with Gasteiger partial charge in [-0.05, 0) is 58.1 Å². The normalized spacial score (nSPS) is 14.5. The highest BCUT2D eigenvalue weighted by molar-refractivity contribution is 7.14. The fraction of sp³-hybridized carbons (Fsp3) is 0.500. The minimum Gasteiger partial charge on any atom is -0.267 e. The van der Waals surface area contributed by atoms with Gasteiger partial charge < -0.3 is 0 Å². The van der Waals surface area contributed by atoms with E-state index in [0.717, 1.165) is 12.8 Å². The standard InChI is InChI=1S/C18H24N4O2S/c1-18(2,3)22-11-13(10-19-22)16(23)20-21-17(24)15-9-12-7-5-4-6-8-14(12)25-15/h9-11H,4-8H2,1-3H3,(H,20,23)(H,21,24). The Balaban J connectivity index is 1.60. The number of hydrogen-bond acceptors (Lipinski definition) is 4. The van der Waals surface area contributed by atoms with Crippen molar-refractivity contribution in [1.29, 1.82) is 0 Å². The molecule has 0 fully saturated rings. The van der Waals surface area contributed by atoms with Crippen LogP contribution in [-0.2, 0) is 18.4 Å². The van der Waals surface area contributed by atoms with Gasteiger partial charge in [-0.2, -0.15) is 5.10 Å². The summed E-state index contributed by atoms with van der Waals surface area (Å²) in [5.41, 5.74) is 6.47. The molecule has 2 heterocycles. The van der Waals surface area contributed by atoms with Crippen LogP contribution in [0.25, 0.3) is 0 Å². The van der Waals surface area contributed by atoms with Crippen LogP contribution in [-0.4, -0.2) is 21.6 Å². The highest BCUT2D eigenvalue weighted by atomic mass is 32.1. The number of fused-ring (bicyclic) bond motifs is 1. The zero-order chi connectivity index (χ0) is 18.0. The van der Waals surface area contributed by atoms with Crippen molar-refractivity contribution < 1.29 is 9.59 Å². The number of carbonyl (C=O) groups excluding carboxylic acids is 2. The van der Waals surface area contributed by atoms with E-state index in [1.54, 1.807) is 10.9 Å². The molecule has 1 aliphatic rings. The van der Waals surface area contributed by atoms with Gasteiger partial charge in [-0.15, -0.1) is 11.3 Å². The lowest BCUT2D eigenvalue weighted by Crippen LogP contribution is -2.41. The number of nitrogens with zero attached hydrogens (tertiary/aromatic N) is 2. The average molecular weight is 360 g/mol. The monoisotopic (exact) mass is 360 g/mol. The number of hydrazine groups is 1. The molecule has 7 heteroatoms. The fourth-order valence-electron chi connectivity index (χ4n) is 2.83. The number of rotatable bonds is 2. The first-order valence-corrected chi connectivity index (χ1v) is 9.43. The SMILES string of the molecule is CC(C)(C)n1cc(C(=O)NNC(=O)c2cc3c(s2)CCCCC3)cn1. The van der Waals surface area contributed by atoms with Gasteiger partial charge in [0.2, 0.25) is 0 Å².